The van der Waals surface area contributed by atoms with E-state index in [4.69, 9.17) is 0 Å². The van der Waals surface area contributed by atoms with E-state index in [9.17, 15) is 4.79 Å². The first-order chi connectivity index (χ1) is 9.72. The fourth-order valence-electron chi connectivity index (χ4n) is 3.07. The number of benzene rings is 1. The van der Waals surface area contributed by atoms with Crippen LogP contribution in [0.15, 0.2) is 30.3 Å². The SMILES string of the molecule is C[C@H]1C[C@H]1C(=O)NC1CCN(Cc2ccccc2)CC1. The van der Waals surface area contributed by atoms with Crippen LogP contribution in [0, 0.1) is 11.8 Å². The van der Waals surface area contributed by atoms with Crippen LogP contribution in [0.25, 0.3) is 0 Å². The topological polar surface area (TPSA) is 32.3 Å². The molecular formula is C17H24N2O. The van der Waals surface area contributed by atoms with E-state index in [1.165, 1.54) is 5.56 Å². The van der Waals surface area contributed by atoms with Gasteiger partial charge < -0.3 is 5.32 Å². The number of hydrogen-bond acceptors (Lipinski definition) is 2. The van der Waals surface area contributed by atoms with Crippen molar-refractivity contribution in [3.05, 3.63) is 35.9 Å². The van der Waals surface area contributed by atoms with Gasteiger partial charge in [-0.15, -0.1) is 0 Å². The highest BCUT2D eigenvalue weighted by Gasteiger charge is 2.39. The molecule has 1 aromatic carbocycles. The number of rotatable bonds is 4. The molecule has 1 amide bonds. The van der Waals surface area contributed by atoms with Gasteiger partial charge in [-0.25, -0.2) is 0 Å². The average Bonchev–Trinajstić information content (AvgIpc) is 3.19. The number of carbonyl (C=O) groups is 1. The van der Waals surface area contributed by atoms with Crippen molar-refractivity contribution >= 4 is 5.91 Å². The smallest absolute Gasteiger partial charge is 0.223 e. The van der Waals surface area contributed by atoms with Crippen molar-refractivity contribution in [2.24, 2.45) is 11.8 Å². The fraction of sp³-hybridized carbons (Fsp3) is 0.588. The van der Waals surface area contributed by atoms with Gasteiger partial charge in [-0.2, -0.15) is 0 Å². The Morgan fingerprint density at radius 1 is 1.25 bits per heavy atom. The van der Waals surface area contributed by atoms with Crippen molar-refractivity contribution in [3.63, 3.8) is 0 Å². The summed E-state index contributed by atoms with van der Waals surface area (Å²) in [6.07, 6.45) is 3.25. The minimum Gasteiger partial charge on any atom is -0.353 e. The van der Waals surface area contributed by atoms with Crippen LogP contribution < -0.4 is 5.32 Å². The minimum atomic E-state index is 0.291. The predicted octanol–water partition coefficient (Wildman–Crippen LogP) is 2.42. The van der Waals surface area contributed by atoms with Crippen LogP contribution in [0.4, 0.5) is 0 Å². The van der Waals surface area contributed by atoms with Crippen LogP contribution in [0.1, 0.15) is 31.7 Å². The van der Waals surface area contributed by atoms with Crippen LogP contribution in [-0.4, -0.2) is 29.9 Å². The van der Waals surface area contributed by atoms with Crippen molar-refractivity contribution < 1.29 is 4.79 Å². The zero-order valence-electron chi connectivity index (χ0n) is 12.2. The zero-order valence-corrected chi connectivity index (χ0v) is 12.2. The van der Waals surface area contributed by atoms with Crippen LogP contribution in [0.2, 0.25) is 0 Å². The van der Waals surface area contributed by atoms with Gasteiger partial charge in [0.1, 0.15) is 0 Å². The Labute approximate surface area is 121 Å². The summed E-state index contributed by atoms with van der Waals surface area (Å²) in [6.45, 7) is 5.36. The Kier molecular flexibility index (Phi) is 4.06. The number of likely N-dealkylation sites (tertiary alicyclic amines) is 1. The zero-order chi connectivity index (χ0) is 13.9. The van der Waals surface area contributed by atoms with E-state index in [2.05, 4.69) is 47.5 Å². The largest absolute Gasteiger partial charge is 0.353 e. The molecule has 1 saturated carbocycles. The maximum absolute atomic E-state index is 11.9. The lowest BCUT2D eigenvalue weighted by atomic mass is 10.0. The fourth-order valence-corrected chi connectivity index (χ4v) is 3.07. The average molecular weight is 272 g/mol. The molecule has 2 aliphatic rings. The van der Waals surface area contributed by atoms with Crippen molar-refractivity contribution in [3.8, 4) is 0 Å². The summed E-state index contributed by atoms with van der Waals surface area (Å²) in [7, 11) is 0. The third-order valence-corrected chi connectivity index (χ3v) is 4.63. The molecular weight excluding hydrogens is 248 g/mol. The van der Waals surface area contributed by atoms with Crippen LogP contribution in [-0.2, 0) is 11.3 Å². The quantitative estimate of drug-likeness (QED) is 0.913. The molecule has 20 heavy (non-hydrogen) atoms. The molecule has 1 aliphatic carbocycles. The second-order valence-corrected chi connectivity index (χ2v) is 6.36. The van der Waals surface area contributed by atoms with E-state index in [1.54, 1.807) is 0 Å². The van der Waals surface area contributed by atoms with Crippen molar-refractivity contribution in [1.29, 1.82) is 0 Å². The number of hydrogen-bond donors (Lipinski definition) is 1. The second-order valence-electron chi connectivity index (χ2n) is 6.36. The van der Waals surface area contributed by atoms with E-state index >= 15 is 0 Å². The summed E-state index contributed by atoms with van der Waals surface area (Å²) < 4.78 is 0. The third-order valence-electron chi connectivity index (χ3n) is 4.63. The Morgan fingerprint density at radius 2 is 1.90 bits per heavy atom. The highest BCUT2D eigenvalue weighted by molar-refractivity contribution is 5.81. The van der Waals surface area contributed by atoms with Gasteiger partial charge in [0.05, 0.1) is 0 Å². The maximum Gasteiger partial charge on any atom is 0.223 e. The van der Waals surface area contributed by atoms with E-state index in [-0.39, 0.29) is 0 Å². The number of nitrogens with one attached hydrogen (secondary N) is 1. The highest BCUT2D eigenvalue weighted by atomic mass is 16.2. The molecule has 3 rings (SSSR count). The van der Waals surface area contributed by atoms with E-state index < -0.39 is 0 Å². The molecule has 108 valence electrons. The molecule has 1 saturated heterocycles. The number of piperidine rings is 1. The Hall–Kier alpha value is -1.35. The summed E-state index contributed by atoms with van der Waals surface area (Å²) in [5.41, 5.74) is 1.38. The molecule has 2 atom stereocenters. The molecule has 0 aromatic heterocycles. The first kappa shape index (κ1) is 13.6. The Bertz CT molecular complexity index is 451. The molecule has 3 nitrogen and oxygen atoms in total. The summed E-state index contributed by atoms with van der Waals surface area (Å²) in [5.74, 6) is 1.20. The monoisotopic (exact) mass is 272 g/mol. The van der Waals surface area contributed by atoms with E-state index in [0.717, 1.165) is 38.9 Å². The van der Waals surface area contributed by atoms with Crippen molar-refractivity contribution in [1.82, 2.24) is 10.2 Å². The summed E-state index contributed by atoms with van der Waals surface area (Å²) in [5, 5.41) is 3.23. The van der Waals surface area contributed by atoms with Gasteiger partial charge in [0.2, 0.25) is 5.91 Å². The predicted molar refractivity (Wildman–Crippen MR) is 80.2 cm³/mol. The van der Waals surface area contributed by atoms with Gasteiger partial charge in [0, 0.05) is 31.6 Å². The lowest BCUT2D eigenvalue weighted by Gasteiger charge is -2.32. The van der Waals surface area contributed by atoms with Crippen LogP contribution >= 0.6 is 0 Å². The van der Waals surface area contributed by atoms with Crippen LogP contribution in [0.3, 0.4) is 0 Å². The number of nitrogens with zero attached hydrogens (tertiary/aromatic N) is 1. The molecule has 0 spiro atoms. The highest BCUT2D eigenvalue weighted by Crippen LogP contribution is 2.37. The molecule has 1 heterocycles. The lowest BCUT2D eigenvalue weighted by molar-refractivity contribution is -0.123. The Balaban J connectivity index is 1.42. The normalized spacial score (nSPS) is 27.2. The summed E-state index contributed by atoms with van der Waals surface area (Å²) in [6, 6.07) is 11.0. The molecule has 1 N–H and O–H groups in total. The maximum atomic E-state index is 11.9. The number of carbonyl (C=O) groups excluding carboxylic acids is 1. The summed E-state index contributed by atoms with van der Waals surface area (Å²) >= 11 is 0. The van der Waals surface area contributed by atoms with Gasteiger partial charge in [-0.05, 0) is 30.7 Å². The van der Waals surface area contributed by atoms with Gasteiger partial charge >= 0.3 is 0 Å². The van der Waals surface area contributed by atoms with Crippen molar-refractivity contribution in [2.45, 2.75) is 38.8 Å². The minimum absolute atomic E-state index is 0.291. The van der Waals surface area contributed by atoms with E-state index in [1.807, 2.05) is 0 Å². The third kappa shape index (κ3) is 3.40. The van der Waals surface area contributed by atoms with Crippen LogP contribution in [0.5, 0.6) is 0 Å². The first-order valence-electron chi connectivity index (χ1n) is 7.79. The molecule has 3 heteroatoms. The molecule has 0 radical (unpaired) electrons. The lowest BCUT2D eigenvalue weighted by Crippen LogP contribution is -2.44. The molecule has 1 aliphatic heterocycles. The summed E-state index contributed by atoms with van der Waals surface area (Å²) in [4.78, 5) is 14.4. The molecule has 0 unspecified atom stereocenters. The van der Waals surface area contributed by atoms with Gasteiger partial charge in [-0.3, -0.25) is 9.69 Å². The first-order valence-corrected chi connectivity index (χ1v) is 7.79. The Morgan fingerprint density at radius 3 is 2.50 bits per heavy atom. The van der Waals surface area contributed by atoms with Gasteiger partial charge in [0.15, 0.2) is 0 Å². The van der Waals surface area contributed by atoms with E-state index in [0.29, 0.717) is 23.8 Å². The second kappa shape index (κ2) is 5.96. The van der Waals surface area contributed by atoms with Crippen molar-refractivity contribution in [2.75, 3.05) is 13.1 Å². The van der Waals surface area contributed by atoms with Gasteiger partial charge in [0.25, 0.3) is 0 Å². The molecule has 0 bridgehead atoms. The van der Waals surface area contributed by atoms with Gasteiger partial charge in [-0.1, -0.05) is 37.3 Å². The standard InChI is InChI=1S/C17H24N2O/c1-13-11-16(13)17(20)18-15-7-9-19(10-8-15)12-14-5-3-2-4-6-14/h2-6,13,15-16H,7-12H2,1H3,(H,18,20)/t13-,16+/m0/s1. The number of amides is 1. The molecule has 2 fully saturated rings. The molecule has 1 aromatic rings.